The third-order valence-electron chi connectivity index (χ3n) is 5.56. The molecule has 0 spiro atoms. The monoisotopic (exact) mass is 412 g/mol. The van der Waals surface area contributed by atoms with Gasteiger partial charge in [0.05, 0.1) is 12.2 Å². The van der Waals surface area contributed by atoms with Crippen LogP contribution in [0.25, 0.3) is 0 Å². The summed E-state index contributed by atoms with van der Waals surface area (Å²) in [5.41, 5.74) is 1.59. The zero-order chi connectivity index (χ0) is 21.5. The van der Waals surface area contributed by atoms with Crippen molar-refractivity contribution in [1.82, 2.24) is 20.5 Å². The first-order valence-electron chi connectivity index (χ1n) is 10.3. The van der Waals surface area contributed by atoms with Crippen molar-refractivity contribution in [2.24, 2.45) is 5.92 Å². The van der Waals surface area contributed by atoms with Gasteiger partial charge < -0.3 is 10.6 Å². The number of pyridine rings is 1. The number of nitrogens with one attached hydrogen (secondary N) is 2. The van der Waals surface area contributed by atoms with Gasteiger partial charge in [0.25, 0.3) is 0 Å². The van der Waals surface area contributed by atoms with Crippen LogP contribution in [0.4, 0.5) is 4.39 Å². The lowest BCUT2D eigenvalue weighted by Crippen LogP contribution is -2.45. The van der Waals surface area contributed by atoms with Gasteiger partial charge in [0.1, 0.15) is 11.9 Å². The van der Waals surface area contributed by atoms with E-state index in [1.165, 1.54) is 12.1 Å². The Morgan fingerprint density at radius 3 is 2.40 bits per heavy atom. The van der Waals surface area contributed by atoms with Crippen LogP contribution in [0.5, 0.6) is 0 Å². The number of carbonyl (C=O) groups excluding carboxylic acids is 2. The lowest BCUT2D eigenvalue weighted by Gasteiger charge is -2.31. The molecular formula is C23H29FN4O2. The lowest BCUT2D eigenvalue weighted by molar-refractivity contribution is -0.127. The zero-order valence-electron chi connectivity index (χ0n) is 17.5. The van der Waals surface area contributed by atoms with E-state index in [1.807, 2.05) is 37.2 Å². The van der Waals surface area contributed by atoms with E-state index in [9.17, 15) is 14.0 Å². The van der Waals surface area contributed by atoms with Crippen LogP contribution in [0.15, 0.2) is 48.7 Å². The van der Waals surface area contributed by atoms with Gasteiger partial charge in [0, 0.05) is 18.2 Å². The Labute approximate surface area is 176 Å². The van der Waals surface area contributed by atoms with Crippen LogP contribution < -0.4 is 10.6 Å². The number of nitrogens with zero attached hydrogens (tertiary/aromatic N) is 2. The average molecular weight is 413 g/mol. The number of amides is 2. The molecule has 1 fully saturated rings. The topological polar surface area (TPSA) is 74.3 Å². The zero-order valence-corrected chi connectivity index (χ0v) is 17.5. The maximum atomic E-state index is 13.2. The molecule has 2 N–H and O–H groups in total. The number of likely N-dealkylation sites (N-methyl/N-ethyl adjacent to an activating group) is 1. The van der Waals surface area contributed by atoms with Gasteiger partial charge in [-0.1, -0.05) is 18.2 Å². The van der Waals surface area contributed by atoms with Gasteiger partial charge >= 0.3 is 0 Å². The Bertz CT molecular complexity index is 834. The first-order chi connectivity index (χ1) is 14.4. The summed E-state index contributed by atoms with van der Waals surface area (Å²) < 4.78 is 13.2. The van der Waals surface area contributed by atoms with Crippen molar-refractivity contribution in [3.05, 3.63) is 65.7 Å². The first kappa shape index (κ1) is 21.9. The van der Waals surface area contributed by atoms with E-state index >= 15 is 0 Å². The molecule has 1 aliphatic carbocycles. The van der Waals surface area contributed by atoms with Crippen molar-refractivity contribution in [1.29, 1.82) is 0 Å². The van der Waals surface area contributed by atoms with E-state index < -0.39 is 6.04 Å². The predicted octanol–water partition coefficient (Wildman–Crippen LogP) is 2.81. The molecule has 1 heterocycles. The summed E-state index contributed by atoms with van der Waals surface area (Å²) in [6.07, 6.45) is 4.71. The Balaban J connectivity index is 1.48. The van der Waals surface area contributed by atoms with Gasteiger partial charge in [-0.05, 0) is 69.6 Å². The maximum absolute atomic E-state index is 13.2. The summed E-state index contributed by atoms with van der Waals surface area (Å²) >= 11 is 0. The Hall–Kier alpha value is -2.80. The number of rotatable bonds is 7. The largest absolute Gasteiger partial charge is 0.352 e. The van der Waals surface area contributed by atoms with E-state index in [1.54, 1.807) is 18.3 Å². The first-order valence-corrected chi connectivity index (χ1v) is 10.3. The standard InChI is InChI=1S/C23H29FN4O2/c1-28(2)21(16-6-10-18(24)11-7-16)23(30)27-19-12-8-17(9-13-19)22(29)26-15-20-5-3-4-14-25-20/h3-7,10-11,14,17,19,21H,8-9,12-13,15H2,1-2H3,(H,26,29)(H,27,30). The lowest BCUT2D eigenvalue weighted by atomic mass is 9.85. The van der Waals surface area contributed by atoms with Gasteiger partial charge in [0.2, 0.25) is 11.8 Å². The summed E-state index contributed by atoms with van der Waals surface area (Å²) in [6.45, 7) is 0.429. The van der Waals surface area contributed by atoms with Crippen LogP contribution in [0.1, 0.15) is 43.0 Å². The molecule has 0 aliphatic heterocycles. The molecule has 2 aromatic rings. The van der Waals surface area contributed by atoms with Crippen molar-refractivity contribution in [2.75, 3.05) is 14.1 Å². The highest BCUT2D eigenvalue weighted by Crippen LogP contribution is 2.26. The smallest absolute Gasteiger partial charge is 0.242 e. The summed E-state index contributed by atoms with van der Waals surface area (Å²) in [4.78, 5) is 31.4. The molecule has 0 bridgehead atoms. The van der Waals surface area contributed by atoms with Crippen LogP contribution in [0, 0.1) is 11.7 Å². The van der Waals surface area contributed by atoms with E-state index in [4.69, 9.17) is 0 Å². The molecule has 3 rings (SSSR count). The van der Waals surface area contributed by atoms with E-state index in [-0.39, 0.29) is 29.6 Å². The molecule has 160 valence electrons. The molecule has 1 atom stereocenters. The molecule has 0 saturated heterocycles. The molecule has 6 nitrogen and oxygen atoms in total. The molecular weight excluding hydrogens is 383 g/mol. The maximum Gasteiger partial charge on any atom is 0.242 e. The molecule has 2 amide bonds. The minimum Gasteiger partial charge on any atom is -0.352 e. The quantitative estimate of drug-likeness (QED) is 0.733. The van der Waals surface area contributed by atoms with E-state index in [2.05, 4.69) is 15.6 Å². The third-order valence-corrected chi connectivity index (χ3v) is 5.56. The number of benzene rings is 1. The Morgan fingerprint density at radius 1 is 1.10 bits per heavy atom. The van der Waals surface area contributed by atoms with Crippen LogP contribution in [-0.2, 0) is 16.1 Å². The summed E-state index contributed by atoms with van der Waals surface area (Å²) in [7, 11) is 3.66. The molecule has 1 aromatic carbocycles. The fraction of sp³-hybridized carbons (Fsp3) is 0.435. The van der Waals surface area contributed by atoms with Gasteiger partial charge in [-0.3, -0.25) is 19.5 Å². The minimum absolute atomic E-state index is 0.0383. The van der Waals surface area contributed by atoms with Gasteiger partial charge in [-0.15, -0.1) is 0 Å². The number of halogens is 1. The van der Waals surface area contributed by atoms with Gasteiger partial charge in [-0.25, -0.2) is 4.39 Å². The molecule has 1 unspecified atom stereocenters. The SMILES string of the molecule is CN(C)C(C(=O)NC1CCC(C(=O)NCc2ccccn2)CC1)c1ccc(F)cc1. The van der Waals surface area contributed by atoms with E-state index in [0.29, 0.717) is 6.54 Å². The Morgan fingerprint density at radius 2 is 1.80 bits per heavy atom. The van der Waals surface area contributed by atoms with Crippen molar-refractivity contribution < 1.29 is 14.0 Å². The van der Waals surface area contributed by atoms with Gasteiger partial charge in [0.15, 0.2) is 0 Å². The Kier molecular flexibility index (Phi) is 7.52. The molecule has 7 heteroatoms. The molecule has 0 radical (unpaired) electrons. The van der Waals surface area contributed by atoms with Crippen molar-refractivity contribution in [3.63, 3.8) is 0 Å². The summed E-state index contributed by atoms with van der Waals surface area (Å²) in [5, 5.41) is 6.07. The number of aromatic nitrogens is 1. The number of hydrogen-bond donors (Lipinski definition) is 2. The second kappa shape index (κ2) is 10.3. The molecule has 1 saturated carbocycles. The third kappa shape index (κ3) is 5.86. The highest BCUT2D eigenvalue weighted by Gasteiger charge is 2.30. The second-order valence-corrected chi connectivity index (χ2v) is 8.01. The highest BCUT2D eigenvalue weighted by molar-refractivity contribution is 5.83. The number of hydrogen-bond acceptors (Lipinski definition) is 4. The van der Waals surface area contributed by atoms with E-state index in [0.717, 1.165) is 36.9 Å². The molecule has 1 aromatic heterocycles. The van der Waals surface area contributed by atoms with Crippen LogP contribution in [0.2, 0.25) is 0 Å². The fourth-order valence-corrected chi connectivity index (χ4v) is 3.93. The van der Waals surface area contributed by atoms with Crippen LogP contribution in [-0.4, -0.2) is 41.8 Å². The molecule has 1 aliphatic rings. The summed E-state index contributed by atoms with van der Waals surface area (Å²) in [5.74, 6) is -0.419. The predicted molar refractivity (Wildman–Crippen MR) is 113 cm³/mol. The van der Waals surface area contributed by atoms with Crippen molar-refractivity contribution in [2.45, 2.75) is 44.3 Å². The summed E-state index contributed by atoms with van der Waals surface area (Å²) in [6, 6.07) is 11.2. The highest BCUT2D eigenvalue weighted by atomic mass is 19.1. The fourth-order valence-electron chi connectivity index (χ4n) is 3.93. The van der Waals surface area contributed by atoms with Crippen LogP contribution in [0.3, 0.4) is 0 Å². The normalized spacial score (nSPS) is 19.9. The van der Waals surface area contributed by atoms with Gasteiger partial charge in [-0.2, -0.15) is 0 Å². The van der Waals surface area contributed by atoms with Crippen molar-refractivity contribution >= 4 is 11.8 Å². The van der Waals surface area contributed by atoms with Crippen molar-refractivity contribution in [3.8, 4) is 0 Å². The average Bonchev–Trinajstić information content (AvgIpc) is 2.74. The minimum atomic E-state index is -0.481. The second-order valence-electron chi connectivity index (χ2n) is 8.01. The number of carbonyl (C=O) groups is 2. The van der Waals surface area contributed by atoms with Crippen LogP contribution >= 0.6 is 0 Å². The molecule has 30 heavy (non-hydrogen) atoms.